The molecule has 1 fully saturated rings. The summed E-state index contributed by atoms with van der Waals surface area (Å²) in [6.45, 7) is 1.87. The van der Waals surface area contributed by atoms with Crippen LogP contribution in [0.15, 0.2) is 0 Å². The van der Waals surface area contributed by atoms with Crippen LogP contribution in [0.2, 0.25) is 0 Å². The molecule has 3 heteroatoms. The summed E-state index contributed by atoms with van der Waals surface area (Å²) in [5, 5.41) is 8.73. The summed E-state index contributed by atoms with van der Waals surface area (Å²) in [5.74, 6) is 0. The number of aliphatic hydroxyl groups is 1. The number of rotatable bonds is 1. The van der Waals surface area contributed by atoms with E-state index in [9.17, 15) is 0 Å². The molecule has 44 valence electrons. The first-order valence-corrected chi connectivity index (χ1v) is 5.38. The van der Waals surface area contributed by atoms with Gasteiger partial charge < -0.3 is 0 Å². The number of β-amino-alcohol motifs (C(OH)–C–C–N with tert-alkyl or cyclic N) is 1. The van der Waals surface area contributed by atoms with Crippen LogP contribution in [0.1, 0.15) is 0 Å². The monoisotopic (exact) mass is 214 g/mol. The fraction of sp³-hybridized carbons (Fsp3) is 1.00. The first-order valence-electron chi connectivity index (χ1n) is 2.25. The van der Waals surface area contributed by atoms with Crippen LogP contribution < -0.4 is 21.5 Å². The van der Waals surface area contributed by atoms with E-state index in [4.69, 9.17) is 5.11 Å². The molecule has 0 unspecified atom stereocenters. The molecule has 1 heterocycles. The summed E-state index contributed by atoms with van der Waals surface area (Å²) in [6, 6.07) is 0. The molecular formula is C4H9INO-. The Morgan fingerprint density at radius 1 is 1.71 bits per heavy atom. The van der Waals surface area contributed by atoms with E-state index in [0.717, 1.165) is 13.1 Å². The SMILES string of the molecule is C[I-]N1CC(O)C1. The molecule has 0 bridgehead atoms. The zero-order valence-electron chi connectivity index (χ0n) is 4.26. The van der Waals surface area contributed by atoms with E-state index in [1.165, 1.54) is 0 Å². The zero-order valence-corrected chi connectivity index (χ0v) is 6.42. The maximum absolute atomic E-state index is 8.73. The fourth-order valence-corrected chi connectivity index (χ4v) is 2.24. The van der Waals surface area contributed by atoms with Gasteiger partial charge in [-0.1, -0.05) is 0 Å². The molecule has 1 saturated heterocycles. The Hall–Kier alpha value is 0.650. The van der Waals surface area contributed by atoms with E-state index < -0.39 is 0 Å². The Labute approximate surface area is 54.1 Å². The van der Waals surface area contributed by atoms with Crippen molar-refractivity contribution in [2.24, 2.45) is 0 Å². The van der Waals surface area contributed by atoms with Gasteiger partial charge in [-0.25, -0.2) is 0 Å². The molecule has 0 aromatic rings. The van der Waals surface area contributed by atoms with E-state index in [1.54, 1.807) is 0 Å². The summed E-state index contributed by atoms with van der Waals surface area (Å²) in [6.07, 6.45) is -0.000324. The number of hydrogen-bond donors (Lipinski definition) is 1. The van der Waals surface area contributed by atoms with E-state index in [-0.39, 0.29) is 27.6 Å². The second kappa shape index (κ2) is 2.28. The van der Waals surface area contributed by atoms with Crippen LogP contribution in [-0.2, 0) is 0 Å². The van der Waals surface area contributed by atoms with E-state index in [1.807, 2.05) is 0 Å². The van der Waals surface area contributed by atoms with Gasteiger partial charge in [0.1, 0.15) is 0 Å². The van der Waals surface area contributed by atoms with Crippen LogP contribution in [0.3, 0.4) is 0 Å². The Balaban J connectivity index is 2.06. The predicted octanol–water partition coefficient (Wildman–Crippen LogP) is -3.70. The normalized spacial score (nSPS) is 25.4. The van der Waals surface area contributed by atoms with E-state index >= 15 is 0 Å². The third kappa shape index (κ3) is 1.27. The molecule has 0 spiro atoms. The third-order valence-corrected chi connectivity index (χ3v) is 3.21. The Kier molecular flexibility index (Phi) is 1.88. The van der Waals surface area contributed by atoms with Crippen LogP contribution >= 0.6 is 0 Å². The average molecular weight is 214 g/mol. The van der Waals surface area contributed by atoms with Gasteiger partial charge in [-0.15, -0.1) is 0 Å². The second-order valence-electron chi connectivity index (χ2n) is 1.65. The molecule has 1 rings (SSSR count). The standard InChI is InChI=1S/C4H9INO/c1-5-6-2-4(7)3-6/h4,7H,2-3H2,1H3/q-1. The Bertz CT molecular complexity index is 62.7. The molecule has 0 aromatic carbocycles. The van der Waals surface area contributed by atoms with E-state index in [0.29, 0.717) is 0 Å². The van der Waals surface area contributed by atoms with Crippen molar-refractivity contribution in [2.75, 3.05) is 18.0 Å². The van der Waals surface area contributed by atoms with E-state index in [2.05, 4.69) is 8.04 Å². The van der Waals surface area contributed by atoms with Crippen molar-refractivity contribution >= 4 is 0 Å². The molecule has 0 aliphatic carbocycles. The number of halogens is 1. The van der Waals surface area contributed by atoms with Crippen LogP contribution in [0, 0.1) is 0 Å². The van der Waals surface area contributed by atoms with Gasteiger partial charge in [-0.05, 0) is 0 Å². The first-order chi connectivity index (χ1) is 3.33. The van der Waals surface area contributed by atoms with Gasteiger partial charge in [0.25, 0.3) is 0 Å². The molecule has 7 heavy (non-hydrogen) atoms. The number of alkyl halides is 1. The average Bonchev–Trinajstić information content (AvgIpc) is 1.58. The van der Waals surface area contributed by atoms with Gasteiger partial charge in [0, 0.05) is 0 Å². The molecule has 0 saturated carbocycles. The predicted molar refractivity (Wildman–Crippen MR) is 23.5 cm³/mol. The van der Waals surface area contributed by atoms with Crippen molar-refractivity contribution in [3.63, 3.8) is 0 Å². The maximum atomic E-state index is 8.73. The summed E-state index contributed by atoms with van der Waals surface area (Å²) in [5.41, 5.74) is 0. The first kappa shape index (κ1) is 5.78. The van der Waals surface area contributed by atoms with Crippen LogP contribution in [0.25, 0.3) is 0 Å². The van der Waals surface area contributed by atoms with Crippen molar-refractivity contribution in [1.82, 2.24) is 3.11 Å². The summed E-state index contributed by atoms with van der Waals surface area (Å²) in [7, 11) is 0. The molecule has 1 aliphatic rings. The Morgan fingerprint density at radius 2 is 2.29 bits per heavy atom. The number of nitrogens with zero attached hydrogens (tertiary/aromatic N) is 1. The topological polar surface area (TPSA) is 23.5 Å². The van der Waals surface area contributed by atoms with Crippen molar-refractivity contribution in [2.45, 2.75) is 6.10 Å². The third-order valence-electron chi connectivity index (χ3n) is 1.06. The second-order valence-corrected chi connectivity index (χ2v) is 3.98. The van der Waals surface area contributed by atoms with Crippen molar-refractivity contribution in [3.8, 4) is 0 Å². The van der Waals surface area contributed by atoms with Crippen LogP contribution in [0.4, 0.5) is 0 Å². The van der Waals surface area contributed by atoms with Crippen molar-refractivity contribution in [1.29, 1.82) is 0 Å². The molecule has 1 N–H and O–H groups in total. The van der Waals surface area contributed by atoms with Gasteiger partial charge in [0.2, 0.25) is 0 Å². The van der Waals surface area contributed by atoms with Crippen LogP contribution in [0.5, 0.6) is 0 Å². The molecule has 2 nitrogen and oxygen atoms in total. The minimum absolute atomic E-state index is 0.000324. The minimum atomic E-state index is -0.000324. The number of hydrogen-bond acceptors (Lipinski definition) is 2. The Morgan fingerprint density at radius 3 is 2.43 bits per heavy atom. The van der Waals surface area contributed by atoms with Crippen LogP contribution in [-0.4, -0.2) is 32.3 Å². The quantitative estimate of drug-likeness (QED) is 0.276. The molecule has 1 aliphatic heterocycles. The summed E-state index contributed by atoms with van der Waals surface area (Å²) < 4.78 is 2.31. The van der Waals surface area contributed by atoms with Crippen molar-refractivity contribution in [3.05, 3.63) is 0 Å². The number of aliphatic hydroxyl groups excluding tert-OH is 1. The zero-order chi connectivity index (χ0) is 5.28. The van der Waals surface area contributed by atoms with Gasteiger partial charge in [-0.2, -0.15) is 0 Å². The van der Waals surface area contributed by atoms with Gasteiger partial charge in [-0.3, -0.25) is 0 Å². The molecule has 0 radical (unpaired) electrons. The molecule has 0 aromatic heterocycles. The molecule has 0 atom stereocenters. The van der Waals surface area contributed by atoms with Gasteiger partial charge in [0.05, 0.1) is 0 Å². The summed E-state index contributed by atoms with van der Waals surface area (Å²) >= 11 is 0.278. The van der Waals surface area contributed by atoms with Gasteiger partial charge >= 0.3 is 53.8 Å². The molecular weight excluding hydrogens is 205 g/mol. The van der Waals surface area contributed by atoms with Crippen molar-refractivity contribution < 1.29 is 26.6 Å². The fourth-order valence-electron chi connectivity index (χ4n) is 0.542. The summed E-state index contributed by atoms with van der Waals surface area (Å²) in [4.78, 5) is 2.21. The molecule has 0 amide bonds. The van der Waals surface area contributed by atoms with Gasteiger partial charge in [0.15, 0.2) is 0 Å².